The molecule has 15 heavy (non-hydrogen) atoms. The molecule has 0 aliphatic rings. The van der Waals surface area contributed by atoms with Gasteiger partial charge in [-0.1, -0.05) is 13.8 Å². The summed E-state index contributed by atoms with van der Waals surface area (Å²) in [6.07, 6.45) is 1.04. The molecule has 0 aromatic rings. The molecule has 0 heterocycles. The number of amides is 2. The van der Waals surface area contributed by atoms with Gasteiger partial charge in [-0.3, -0.25) is 9.59 Å². The van der Waals surface area contributed by atoms with Crippen LogP contribution in [0.25, 0.3) is 0 Å². The summed E-state index contributed by atoms with van der Waals surface area (Å²) < 4.78 is 0. The van der Waals surface area contributed by atoms with Crippen molar-refractivity contribution in [2.24, 2.45) is 11.7 Å². The summed E-state index contributed by atoms with van der Waals surface area (Å²) in [5, 5.41) is 5.25. The number of nitrogens with two attached hydrogens (primary N) is 1. The van der Waals surface area contributed by atoms with Crippen LogP contribution in [-0.2, 0) is 9.59 Å². The Morgan fingerprint density at radius 1 is 1.20 bits per heavy atom. The van der Waals surface area contributed by atoms with E-state index in [9.17, 15) is 9.59 Å². The molecule has 0 aromatic carbocycles. The lowest BCUT2D eigenvalue weighted by Crippen LogP contribution is -2.38. The third-order valence-electron chi connectivity index (χ3n) is 1.76. The van der Waals surface area contributed by atoms with Gasteiger partial charge in [-0.2, -0.15) is 0 Å². The fourth-order valence-electron chi connectivity index (χ4n) is 0.910. The van der Waals surface area contributed by atoms with Gasteiger partial charge in [-0.15, -0.1) is 0 Å². The monoisotopic (exact) mass is 215 g/mol. The minimum Gasteiger partial charge on any atom is -0.354 e. The van der Waals surface area contributed by atoms with E-state index in [4.69, 9.17) is 5.73 Å². The Morgan fingerprint density at radius 2 is 1.87 bits per heavy atom. The van der Waals surface area contributed by atoms with E-state index in [1.807, 2.05) is 13.8 Å². The van der Waals surface area contributed by atoms with E-state index in [2.05, 4.69) is 10.6 Å². The Hall–Kier alpha value is -1.10. The van der Waals surface area contributed by atoms with Crippen LogP contribution in [0.5, 0.6) is 0 Å². The van der Waals surface area contributed by atoms with Crippen LogP contribution in [0.4, 0.5) is 0 Å². The molecule has 0 aliphatic carbocycles. The molecule has 0 spiro atoms. The first-order chi connectivity index (χ1) is 7.06. The van der Waals surface area contributed by atoms with Crippen LogP contribution < -0.4 is 16.4 Å². The average Bonchev–Trinajstić information content (AvgIpc) is 2.20. The van der Waals surface area contributed by atoms with Gasteiger partial charge < -0.3 is 16.4 Å². The van der Waals surface area contributed by atoms with E-state index in [0.717, 1.165) is 0 Å². The van der Waals surface area contributed by atoms with E-state index in [1.165, 1.54) is 0 Å². The van der Waals surface area contributed by atoms with Crippen molar-refractivity contribution >= 4 is 11.8 Å². The van der Waals surface area contributed by atoms with Gasteiger partial charge in [0.25, 0.3) is 0 Å². The minimum atomic E-state index is -0.148. The van der Waals surface area contributed by atoms with Crippen molar-refractivity contribution in [1.82, 2.24) is 10.6 Å². The highest BCUT2D eigenvalue weighted by Crippen LogP contribution is 1.87. The molecule has 4 N–H and O–H groups in total. The van der Waals surface area contributed by atoms with E-state index in [0.29, 0.717) is 31.8 Å². The molecule has 0 aromatic heterocycles. The molecular formula is C10H21N3O2. The molecule has 88 valence electrons. The van der Waals surface area contributed by atoms with Crippen LogP contribution in [0, 0.1) is 5.92 Å². The second-order valence-electron chi connectivity index (χ2n) is 3.87. The van der Waals surface area contributed by atoms with Gasteiger partial charge in [-0.25, -0.2) is 0 Å². The first kappa shape index (κ1) is 13.9. The number of nitrogens with one attached hydrogen (secondary N) is 2. The topological polar surface area (TPSA) is 84.2 Å². The zero-order valence-corrected chi connectivity index (χ0v) is 9.51. The van der Waals surface area contributed by atoms with Crippen molar-refractivity contribution in [3.8, 4) is 0 Å². The number of carbonyl (C=O) groups excluding carboxylic acids is 2. The Labute approximate surface area is 90.8 Å². The van der Waals surface area contributed by atoms with Gasteiger partial charge >= 0.3 is 0 Å². The van der Waals surface area contributed by atoms with E-state index >= 15 is 0 Å². The Balaban J connectivity index is 3.49. The highest BCUT2D eigenvalue weighted by atomic mass is 16.2. The third-order valence-corrected chi connectivity index (χ3v) is 1.76. The van der Waals surface area contributed by atoms with E-state index < -0.39 is 0 Å². The number of carbonyl (C=O) groups is 2. The predicted octanol–water partition coefficient (Wildman–Crippen LogP) is -0.386. The van der Waals surface area contributed by atoms with Crippen LogP contribution in [-0.4, -0.2) is 31.4 Å². The van der Waals surface area contributed by atoms with E-state index in [1.54, 1.807) is 0 Å². The summed E-state index contributed by atoms with van der Waals surface area (Å²) in [6.45, 7) is 5.21. The van der Waals surface area contributed by atoms with Gasteiger partial charge in [0.2, 0.25) is 11.8 Å². The Kier molecular flexibility index (Phi) is 7.62. The summed E-state index contributed by atoms with van der Waals surface area (Å²) >= 11 is 0. The molecule has 0 radical (unpaired) electrons. The molecule has 0 saturated heterocycles. The highest BCUT2D eigenvalue weighted by Gasteiger charge is 2.04. The summed E-state index contributed by atoms with van der Waals surface area (Å²) in [6, 6.07) is 0. The lowest BCUT2D eigenvalue weighted by atomic mass is 10.2. The fourth-order valence-corrected chi connectivity index (χ4v) is 0.910. The van der Waals surface area contributed by atoms with Crippen LogP contribution in [0.15, 0.2) is 0 Å². The van der Waals surface area contributed by atoms with Crippen LogP contribution in [0.1, 0.15) is 26.7 Å². The predicted molar refractivity (Wildman–Crippen MR) is 59.1 cm³/mol. The molecule has 2 amide bonds. The summed E-state index contributed by atoms with van der Waals surface area (Å²) in [5.41, 5.74) is 5.25. The molecule has 0 bridgehead atoms. The quantitative estimate of drug-likeness (QED) is 0.541. The van der Waals surface area contributed by atoms with Gasteiger partial charge in [0.15, 0.2) is 0 Å². The lowest BCUT2D eigenvalue weighted by Gasteiger charge is -2.08. The van der Waals surface area contributed by atoms with Crippen LogP contribution in [0.2, 0.25) is 0 Å². The molecule has 5 heteroatoms. The van der Waals surface area contributed by atoms with Gasteiger partial charge in [0.1, 0.15) is 0 Å². The summed E-state index contributed by atoms with van der Waals surface area (Å²) in [7, 11) is 0. The first-order valence-electron chi connectivity index (χ1n) is 5.29. The second kappa shape index (κ2) is 8.23. The van der Waals surface area contributed by atoms with Gasteiger partial charge in [0.05, 0.1) is 6.54 Å². The number of hydrogen-bond donors (Lipinski definition) is 3. The largest absolute Gasteiger partial charge is 0.354 e. The summed E-state index contributed by atoms with van der Waals surface area (Å²) in [5.74, 6) is 0.145. The second-order valence-corrected chi connectivity index (χ2v) is 3.87. The SMILES string of the molecule is CC(C)CNC(=O)CNC(=O)CCCN. The van der Waals surface area contributed by atoms with Crippen molar-refractivity contribution in [2.45, 2.75) is 26.7 Å². The molecule has 0 atom stereocenters. The Morgan fingerprint density at radius 3 is 2.40 bits per heavy atom. The maximum absolute atomic E-state index is 11.2. The van der Waals surface area contributed by atoms with Crippen molar-refractivity contribution in [3.05, 3.63) is 0 Å². The summed E-state index contributed by atoms with van der Waals surface area (Å²) in [4.78, 5) is 22.3. The Bertz CT molecular complexity index is 205. The van der Waals surface area contributed by atoms with Gasteiger partial charge in [0, 0.05) is 13.0 Å². The molecule has 0 saturated carbocycles. The molecule has 5 nitrogen and oxygen atoms in total. The number of hydrogen-bond acceptors (Lipinski definition) is 3. The fraction of sp³-hybridized carbons (Fsp3) is 0.800. The van der Waals surface area contributed by atoms with Crippen molar-refractivity contribution in [1.29, 1.82) is 0 Å². The van der Waals surface area contributed by atoms with Crippen LogP contribution in [0.3, 0.4) is 0 Å². The average molecular weight is 215 g/mol. The molecule has 0 aliphatic heterocycles. The molecule has 0 fully saturated rings. The van der Waals surface area contributed by atoms with Crippen molar-refractivity contribution in [3.63, 3.8) is 0 Å². The highest BCUT2D eigenvalue weighted by molar-refractivity contribution is 5.84. The van der Waals surface area contributed by atoms with Crippen molar-refractivity contribution in [2.75, 3.05) is 19.6 Å². The maximum atomic E-state index is 11.2. The van der Waals surface area contributed by atoms with Crippen molar-refractivity contribution < 1.29 is 9.59 Å². The normalized spacial score (nSPS) is 10.1. The zero-order valence-electron chi connectivity index (χ0n) is 9.51. The number of rotatable bonds is 7. The third kappa shape index (κ3) is 9.21. The standard InChI is InChI=1S/C10H21N3O2/c1-8(2)6-12-10(15)7-13-9(14)4-3-5-11/h8H,3-7,11H2,1-2H3,(H,12,15)(H,13,14). The first-order valence-corrected chi connectivity index (χ1v) is 5.29. The van der Waals surface area contributed by atoms with Crippen LogP contribution >= 0.6 is 0 Å². The zero-order chi connectivity index (χ0) is 11.7. The van der Waals surface area contributed by atoms with E-state index in [-0.39, 0.29) is 18.4 Å². The smallest absolute Gasteiger partial charge is 0.239 e. The van der Waals surface area contributed by atoms with Gasteiger partial charge in [-0.05, 0) is 18.9 Å². The molecule has 0 unspecified atom stereocenters. The molecule has 0 rings (SSSR count). The minimum absolute atomic E-state index is 0.0517. The molecular weight excluding hydrogens is 194 g/mol. The maximum Gasteiger partial charge on any atom is 0.239 e. The lowest BCUT2D eigenvalue weighted by molar-refractivity contribution is -0.126.